The molecular formula is C14H19FN2OS. The van der Waals surface area contributed by atoms with Crippen molar-refractivity contribution in [1.82, 2.24) is 9.88 Å². The van der Waals surface area contributed by atoms with Gasteiger partial charge in [0.1, 0.15) is 11.5 Å². The van der Waals surface area contributed by atoms with E-state index in [0.717, 1.165) is 18.5 Å². The summed E-state index contributed by atoms with van der Waals surface area (Å²) in [5, 5.41) is 0. The monoisotopic (exact) mass is 282 g/mol. The zero-order chi connectivity index (χ0) is 13.8. The largest absolute Gasteiger partial charge is 0.302 e. The van der Waals surface area contributed by atoms with Crippen molar-refractivity contribution >= 4 is 17.5 Å². The third kappa shape index (κ3) is 3.76. The molecule has 0 aliphatic carbocycles. The summed E-state index contributed by atoms with van der Waals surface area (Å²) in [6.07, 6.45) is 2.29. The number of carbonyl (C=O) groups excluding carboxylic acids is 1. The van der Waals surface area contributed by atoms with Crippen LogP contribution in [0.2, 0.25) is 0 Å². The zero-order valence-corrected chi connectivity index (χ0v) is 12.1. The van der Waals surface area contributed by atoms with Gasteiger partial charge in [-0.1, -0.05) is 6.92 Å². The van der Waals surface area contributed by atoms with Crippen molar-refractivity contribution in [3.63, 3.8) is 0 Å². The first-order chi connectivity index (χ1) is 9.08. The van der Waals surface area contributed by atoms with Crippen LogP contribution < -0.4 is 0 Å². The molecule has 0 aromatic carbocycles. The van der Waals surface area contributed by atoms with Gasteiger partial charge in [-0.3, -0.25) is 9.78 Å². The van der Waals surface area contributed by atoms with Gasteiger partial charge >= 0.3 is 0 Å². The maximum absolute atomic E-state index is 12.8. The van der Waals surface area contributed by atoms with Gasteiger partial charge in [-0.2, -0.15) is 11.8 Å². The number of thioether (sulfide) groups is 1. The fourth-order valence-electron chi connectivity index (χ4n) is 2.31. The van der Waals surface area contributed by atoms with E-state index in [0.29, 0.717) is 11.7 Å². The fraction of sp³-hybridized carbons (Fsp3) is 0.571. The van der Waals surface area contributed by atoms with E-state index in [1.165, 1.54) is 24.3 Å². The molecule has 0 N–H and O–H groups in total. The number of pyridine rings is 1. The highest BCUT2D eigenvalue weighted by Gasteiger charge is 2.24. The van der Waals surface area contributed by atoms with E-state index in [-0.39, 0.29) is 11.7 Å². The Morgan fingerprint density at radius 2 is 2.42 bits per heavy atom. The summed E-state index contributed by atoms with van der Waals surface area (Å²) in [6, 6.07) is 3.31. The first-order valence-corrected chi connectivity index (χ1v) is 7.67. The summed E-state index contributed by atoms with van der Waals surface area (Å²) in [7, 11) is 2.07. The van der Waals surface area contributed by atoms with Gasteiger partial charge < -0.3 is 4.90 Å². The highest BCUT2D eigenvalue weighted by molar-refractivity contribution is 7.99. The Balaban J connectivity index is 1.93. The molecule has 2 heterocycles. The molecule has 1 aromatic rings. The van der Waals surface area contributed by atoms with Crippen LogP contribution in [0.4, 0.5) is 4.39 Å². The van der Waals surface area contributed by atoms with Crippen LogP contribution in [-0.4, -0.2) is 46.8 Å². The van der Waals surface area contributed by atoms with Gasteiger partial charge in [-0.25, -0.2) is 4.39 Å². The first kappa shape index (κ1) is 14.5. The molecule has 1 aromatic heterocycles. The van der Waals surface area contributed by atoms with Gasteiger partial charge in [0.05, 0.1) is 6.20 Å². The van der Waals surface area contributed by atoms with Crippen LogP contribution in [0.1, 0.15) is 23.8 Å². The van der Waals surface area contributed by atoms with Crippen molar-refractivity contribution in [2.45, 2.75) is 19.4 Å². The summed E-state index contributed by atoms with van der Waals surface area (Å²) in [4.78, 5) is 18.3. The summed E-state index contributed by atoms with van der Waals surface area (Å²) < 4.78 is 12.8. The molecule has 2 rings (SSSR count). The molecule has 2 atom stereocenters. The predicted molar refractivity (Wildman–Crippen MR) is 76.0 cm³/mol. The number of carbonyl (C=O) groups is 1. The summed E-state index contributed by atoms with van der Waals surface area (Å²) in [6.45, 7) is 2.63. The quantitative estimate of drug-likeness (QED) is 0.777. The molecule has 19 heavy (non-hydrogen) atoms. The van der Waals surface area contributed by atoms with Crippen molar-refractivity contribution in [1.29, 1.82) is 0 Å². The molecule has 1 aliphatic heterocycles. The lowest BCUT2D eigenvalue weighted by atomic mass is 10.0. The molecule has 0 saturated carbocycles. The van der Waals surface area contributed by atoms with Crippen LogP contribution in [0, 0.1) is 11.7 Å². The summed E-state index contributed by atoms with van der Waals surface area (Å²) in [5.74, 6) is 1.80. The van der Waals surface area contributed by atoms with Crippen molar-refractivity contribution in [3.05, 3.63) is 29.8 Å². The normalized spacial score (nSPS) is 20.7. The number of nitrogens with zero attached hydrogens (tertiary/aromatic N) is 2. The third-order valence-corrected chi connectivity index (χ3v) is 4.66. The molecule has 0 bridgehead atoms. The van der Waals surface area contributed by atoms with Gasteiger partial charge in [-0.05, 0) is 31.4 Å². The van der Waals surface area contributed by atoms with Gasteiger partial charge in [-0.15, -0.1) is 0 Å². The van der Waals surface area contributed by atoms with E-state index >= 15 is 0 Å². The first-order valence-electron chi connectivity index (χ1n) is 6.51. The lowest BCUT2D eigenvalue weighted by Gasteiger charge is -2.25. The molecule has 1 saturated heterocycles. The van der Waals surface area contributed by atoms with Crippen molar-refractivity contribution in [2.24, 2.45) is 5.92 Å². The van der Waals surface area contributed by atoms with Crippen LogP contribution >= 0.6 is 11.8 Å². The molecule has 0 spiro atoms. The maximum Gasteiger partial charge on any atom is 0.185 e. The molecule has 3 nitrogen and oxygen atoms in total. The zero-order valence-electron chi connectivity index (χ0n) is 11.3. The molecule has 0 radical (unpaired) electrons. The highest BCUT2D eigenvalue weighted by Crippen LogP contribution is 2.22. The maximum atomic E-state index is 12.8. The van der Waals surface area contributed by atoms with Gasteiger partial charge in [0.2, 0.25) is 0 Å². The van der Waals surface area contributed by atoms with E-state index in [1.807, 2.05) is 18.7 Å². The Morgan fingerprint density at radius 3 is 3.00 bits per heavy atom. The van der Waals surface area contributed by atoms with Crippen molar-refractivity contribution in [2.75, 3.05) is 25.1 Å². The van der Waals surface area contributed by atoms with Gasteiger partial charge in [0.25, 0.3) is 0 Å². The second-order valence-electron chi connectivity index (χ2n) is 5.08. The summed E-state index contributed by atoms with van der Waals surface area (Å²) >= 11 is 1.96. The van der Waals surface area contributed by atoms with Crippen LogP contribution in [-0.2, 0) is 0 Å². The Bertz CT molecular complexity index is 432. The van der Waals surface area contributed by atoms with Crippen LogP contribution in [0.3, 0.4) is 0 Å². The molecule has 0 amide bonds. The minimum Gasteiger partial charge on any atom is -0.302 e. The second-order valence-corrected chi connectivity index (χ2v) is 6.23. The standard InChI is InChI=1S/C14H19FN2OS/c1-10(8-17(2)12-5-6-19-9-12)14(18)13-4-3-11(15)7-16-13/h3-4,7,10,12H,5-6,8-9H2,1-2H3. The van der Waals surface area contributed by atoms with E-state index in [2.05, 4.69) is 16.9 Å². The van der Waals surface area contributed by atoms with E-state index in [9.17, 15) is 9.18 Å². The molecule has 1 fully saturated rings. The molecular weight excluding hydrogens is 263 g/mol. The minimum atomic E-state index is -0.413. The van der Waals surface area contributed by atoms with Crippen LogP contribution in [0.5, 0.6) is 0 Å². The van der Waals surface area contributed by atoms with E-state index in [4.69, 9.17) is 0 Å². The topological polar surface area (TPSA) is 33.2 Å². The van der Waals surface area contributed by atoms with Crippen molar-refractivity contribution in [3.8, 4) is 0 Å². The molecule has 5 heteroatoms. The van der Waals surface area contributed by atoms with E-state index < -0.39 is 5.82 Å². The third-order valence-electron chi connectivity index (χ3n) is 3.52. The lowest BCUT2D eigenvalue weighted by Crippen LogP contribution is -2.37. The fourth-order valence-corrected chi connectivity index (χ4v) is 3.61. The van der Waals surface area contributed by atoms with E-state index in [1.54, 1.807) is 0 Å². The Kier molecular flexibility index (Phi) is 4.93. The SMILES string of the molecule is CC(CN(C)C1CCSC1)C(=O)c1ccc(F)cn1. The number of ketones is 1. The Labute approximate surface area is 117 Å². The molecule has 1 aliphatic rings. The Hall–Kier alpha value is -0.940. The molecule has 104 valence electrons. The number of rotatable bonds is 5. The van der Waals surface area contributed by atoms with Gasteiger partial charge in [0, 0.05) is 24.3 Å². The van der Waals surface area contributed by atoms with Gasteiger partial charge in [0.15, 0.2) is 5.78 Å². The number of hydrogen-bond donors (Lipinski definition) is 0. The number of aromatic nitrogens is 1. The smallest absolute Gasteiger partial charge is 0.185 e. The predicted octanol–water partition coefficient (Wildman–Crippen LogP) is 2.48. The average Bonchev–Trinajstić information content (AvgIpc) is 2.92. The van der Waals surface area contributed by atoms with Crippen LogP contribution in [0.25, 0.3) is 0 Å². The Morgan fingerprint density at radius 1 is 1.63 bits per heavy atom. The molecule has 2 unspecified atom stereocenters. The average molecular weight is 282 g/mol. The number of halogens is 1. The number of Topliss-reactive ketones (excluding diaryl/α,β-unsaturated/α-hetero) is 1. The summed E-state index contributed by atoms with van der Waals surface area (Å²) in [5.41, 5.74) is 0.350. The lowest BCUT2D eigenvalue weighted by molar-refractivity contribution is 0.0886. The number of hydrogen-bond acceptors (Lipinski definition) is 4. The second kappa shape index (κ2) is 6.48. The van der Waals surface area contributed by atoms with Crippen molar-refractivity contribution < 1.29 is 9.18 Å². The highest BCUT2D eigenvalue weighted by atomic mass is 32.2. The minimum absolute atomic E-state index is 0.0162. The van der Waals surface area contributed by atoms with Crippen LogP contribution in [0.15, 0.2) is 18.3 Å².